The quantitative estimate of drug-likeness (QED) is 0.642. The molecule has 0 aromatic heterocycles. The first-order valence-electron chi connectivity index (χ1n) is 4.79. The summed E-state index contributed by atoms with van der Waals surface area (Å²) in [5.74, 6) is -3.07. The third-order valence-electron chi connectivity index (χ3n) is 1.80. The Bertz CT molecular complexity index is 471. The van der Waals surface area contributed by atoms with Crippen molar-refractivity contribution in [3.63, 3.8) is 0 Å². The van der Waals surface area contributed by atoms with E-state index in [0.717, 1.165) is 12.3 Å². The summed E-state index contributed by atoms with van der Waals surface area (Å²) in [7, 11) is 0. The highest BCUT2D eigenvalue weighted by atomic mass is 19.1. The van der Waals surface area contributed by atoms with E-state index < -0.39 is 23.3 Å². The molecule has 0 amide bonds. The lowest BCUT2D eigenvalue weighted by Gasteiger charge is -2.01. The molecule has 0 radical (unpaired) electrons. The maximum Gasteiger partial charge on any atom is 0.349 e. The average molecular weight is 239 g/mol. The van der Waals surface area contributed by atoms with Gasteiger partial charge in [-0.2, -0.15) is 0 Å². The van der Waals surface area contributed by atoms with Crippen molar-refractivity contribution < 1.29 is 23.8 Å². The van der Waals surface area contributed by atoms with Crippen LogP contribution in [-0.4, -0.2) is 29.9 Å². The summed E-state index contributed by atoms with van der Waals surface area (Å²) in [6, 6.07) is 3.61. The molecule has 0 bridgehead atoms. The summed E-state index contributed by atoms with van der Waals surface area (Å²) in [6.07, 6.45) is 0.810. The molecule has 0 saturated heterocycles. The number of nitrogens with zero attached hydrogens (tertiary/aromatic N) is 1. The maximum absolute atomic E-state index is 13.2. The number of carboxylic acids is 1. The molecular formula is C11H10FNO4. The highest BCUT2D eigenvalue weighted by Gasteiger charge is 2.14. The molecule has 17 heavy (non-hydrogen) atoms. The number of ether oxygens (including phenoxy) is 1. The predicted octanol–water partition coefficient (Wildman–Crippen LogP) is 1.79. The smallest absolute Gasteiger partial charge is 0.349 e. The molecule has 0 aliphatic heterocycles. The van der Waals surface area contributed by atoms with Gasteiger partial charge < -0.3 is 9.84 Å². The van der Waals surface area contributed by atoms with Crippen molar-refractivity contribution in [2.45, 2.75) is 6.92 Å². The third-order valence-corrected chi connectivity index (χ3v) is 1.80. The number of halogens is 1. The predicted molar refractivity (Wildman–Crippen MR) is 58.1 cm³/mol. The molecule has 6 heteroatoms. The largest absolute Gasteiger partial charge is 0.478 e. The van der Waals surface area contributed by atoms with Gasteiger partial charge in [0.2, 0.25) is 0 Å². The number of hydrogen-bond donors (Lipinski definition) is 1. The minimum Gasteiger partial charge on any atom is -0.478 e. The molecule has 0 aliphatic rings. The lowest BCUT2D eigenvalue weighted by atomic mass is 10.1. The topological polar surface area (TPSA) is 76.0 Å². The Morgan fingerprint density at radius 3 is 2.82 bits per heavy atom. The van der Waals surface area contributed by atoms with E-state index in [9.17, 15) is 14.0 Å². The zero-order chi connectivity index (χ0) is 12.8. The molecule has 90 valence electrons. The van der Waals surface area contributed by atoms with Gasteiger partial charge in [-0.25, -0.2) is 19.0 Å². The number of carboxylic acid groups (broad SMARTS) is 1. The van der Waals surface area contributed by atoms with Crippen LogP contribution in [0.3, 0.4) is 0 Å². The summed E-state index contributed by atoms with van der Waals surface area (Å²) in [5, 5.41) is 8.79. The second kappa shape index (κ2) is 5.74. The van der Waals surface area contributed by atoms with Gasteiger partial charge in [-0.15, -0.1) is 0 Å². The first-order valence-corrected chi connectivity index (χ1v) is 4.79. The van der Waals surface area contributed by atoms with Crippen molar-refractivity contribution in [3.8, 4) is 0 Å². The van der Waals surface area contributed by atoms with E-state index in [1.165, 1.54) is 12.1 Å². The average Bonchev–Trinajstić information content (AvgIpc) is 2.26. The number of rotatable bonds is 4. The van der Waals surface area contributed by atoms with Crippen LogP contribution < -0.4 is 0 Å². The summed E-state index contributed by atoms with van der Waals surface area (Å²) in [6.45, 7) is 1.80. The highest BCUT2D eigenvalue weighted by molar-refractivity contribution is 6.23. The van der Waals surface area contributed by atoms with Gasteiger partial charge in [0.1, 0.15) is 17.6 Å². The third kappa shape index (κ3) is 3.37. The molecule has 0 unspecified atom stereocenters. The molecule has 1 aromatic carbocycles. The molecule has 1 N–H and O–H groups in total. The van der Waals surface area contributed by atoms with Crippen LogP contribution in [0, 0.1) is 5.82 Å². The number of carbonyl (C=O) groups is 2. The Balaban J connectivity index is 3.02. The van der Waals surface area contributed by atoms with Crippen LogP contribution in [0.2, 0.25) is 0 Å². The SMILES string of the molecule is CCOC(=O)C=Nc1cccc(F)c1C(=O)O. The zero-order valence-electron chi connectivity index (χ0n) is 9.01. The van der Waals surface area contributed by atoms with Crippen LogP contribution in [-0.2, 0) is 9.53 Å². The lowest BCUT2D eigenvalue weighted by molar-refractivity contribution is -0.134. The van der Waals surface area contributed by atoms with Gasteiger partial charge in [0.15, 0.2) is 0 Å². The second-order valence-corrected chi connectivity index (χ2v) is 2.95. The fourth-order valence-electron chi connectivity index (χ4n) is 1.13. The summed E-state index contributed by atoms with van der Waals surface area (Å²) in [4.78, 5) is 25.3. The van der Waals surface area contributed by atoms with E-state index in [0.29, 0.717) is 0 Å². The van der Waals surface area contributed by atoms with Crippen LogP contribution in [0.5, 0.6) is 0 Å². The molecule has 0 atom stereocenters. The molecule has 1 aromatic rings. The van der Waals surface area contributed by atoms with Crippen molar-refractivity contribution in [1.29, 1.82) is 0 Å². The minimum atomic E-state index is -1.45. The summed E-state index contributed by atoms with van der Waals surface area (Å²) in [5.41, 5.74) is -0.710. The molecule has 0 saturated carbocycles. The molecular weight excluding hydrogens is 229 g/mol. The van der Waals surface area contributed by atoms with Gasteiger partial charge in [-0.3, -0.25) is 0 Å². The standard InChI is InChI=1S/C11H10FNO4/c1-2-17-9(14)6-13-8-5-3-4-7(12)10(8)11(15)16/h3-6H,2H2,1H3,(H,15,16). The van der Waals surface area contributed by atoms with Gasteiger partial charge in [0, 0.05) is 0 Å². The van der Waals surface area contributed by atoms with Gasteiger partial charge in [-0.05, 0) is 19.1 Å². The summed E-state index contributed by atoms with van der Waals surface area (Å²) < 4.78 is 17.8. The first kappa shape index (κ1) is 12.8. The Morgan fingerprint density at radius 2 is 2.24 bits per heavy atom. The number of benzene rings is 1. The van der Waals surface area contributed by atoms with Crippen LogP contribution in [0.15, 0.2) is 23.2 Å². The number of carbonyl (C=O) groups excluding carboxylic acids is 1. The Kier molecular flexibility index (Phi) is 4.33. The van der Waals surface area contributed by atoms with E-state index in [4.69, 9.17) is 5.11 Å². The summed E-state index contributed by atoms with van der Waals surface area (Å²) >= 11 is 0. The molecule has 0 heterocycles. The van der Waals surface area contributed by atoms with Gasteiger partial charge in [0.25, 0.3) is 0 Å². The number of hydrogen-bond acceptors (Lipinski definition) is 4. The molecule has 0 aliphatic carbocycles. The van der Waals surface area contributed by atoms with E-state index in [1.54, 1.807) is 6.92 Å². The van der Waals surface area contributed by atoms with Crippen LogP contribution >= 0.6 is 0 Å². The second-order valence-electron chi connectivity index (χ2n) is 2.95. The van der Waals surface area contributed by atoms with E-state index >= 15 is 0 Å². The monoisotopic (exact) mass is 239 g/mol. The van der Waals surface area contributed by atoms with E-state index in [-0.39, 0.29) is 12.3 Å². The van der Waals surface area contributed by atoms with E-state index in [1.807, 2.05) is 0 Å². The van der Waals surface area contributed by atoms with Crippen molar-refractivity contribution in [3.05, 3.63) is 29.6 Å². The van der Waals surface area contributed by atoms with Crippen molar-refractivity contribution >= 4 is 23.8 Å². The zero-order valence-corrected chi connectivity index (χ0v) is 9.01. The highest BCUT2D eigenvalue weighted by Crippen LogP contribution is 2.21. The Hall–Kier alpha value is -2.24. The first-order chi connectivity index (χ1) is 8.06. The van der Waals surface area contributed by atoms with Gasteiger partial charge in [-0.1, -0.05) is 6.07 Å². The van der Waals surface area contributed by atoms with Crippen LogP contribution in [0.4, 0.5) is 10.1 Å². The minimum absolute atomic E-state index is 0.134. The number of aliphatic imine (C=N–C) groups is 1. The fourth-order valence-corrected chi connectivity index (χ4v) is 1.13. The molecule has 0 fully saturated rings. The van der Waals surface area contributed by atoms with Crippen molar-refractivity contribution in [1.82, 2.24) is 0 Å². The maximum atomic E-state index is 13.2. The van der Waals surface area contributed by atoms with Crippen LogP contribution in [0.25, 0.3) is 0 Å². The fraction of sp³-hybridized carbons (Fsp3) is 0.182. The van der Waals surface area contributed by atoms with Gasteiger partial charge >= 0.3 is 11.9 Å². The van der Waals surface area contributed by atoms with Crippen LogP contribution in [0.1, 0.15) is 17.3 Å². The molecule has 5 nitrogen and oxygen atoms in total. The lowest BCUT2D eigenvalue weighted by Crippen LogP contribution is -2.05. The number of esters is 1. The van der Waals surface area contributed by atoms with E-state index in [2.05, 4.69) is 9.73 Å². The Labute approximate surface area is 96.5 Å². The number of aromatic carboxylic acids is 1. The molecule has 1 rings (SSSR count). The Morgan fingerprint density at radius 1 is 1.53 bits per heavy atom. The normalized spacial score (nSPS) is 10.5. The van der Waals surface area contributed by atoms with Gasteiger partial charge in [0.05, 0.1) is 12.3 Å². The van der Waals surface area contributed by atoms with Crippen molar-refractivity contribution in [2.75, 3.05) is 6.61 Å². The van der Waals surface area contributed by atoms with Crippen molar-refractivity contribution in [2.24, 2.45) is 4.99 Å². The molecule has 0 spiro atoms.